The Hall–Kier alpha value is -0.797. The van der Waals surface area contributed by atoms with Crippen LogP contribution >= 0.6 is 0 Å². The van der Waals surface area contributed by atoms with E-state index in [1.807, 2.05) is 0 Å². The maximum atomic E-state index is 3.56. The van der Waals surface area contributed by atoms with E-state index in [1.165, 1.54) is 44.8 Å². The minimum Gasteiger partial charge on any atom is -1.00 e. The average Bonchev–Trinajstić information content (AvgIpc) is 2.50. The molecule has 0 unspecified atom stereocenters. The summed E-state index contributed by atoms with van der Waals surface area (Å²) in [7, 11) is 0. The van der Waals surface area contributed by atoms with Gasteiger partial charge in [-0.15, -0.1) is 0 Å². The summed E-state index contributed by atoms with van der Waals surface area (Å²) in [5.41, 5.74) is 10.5. The molecule has 0 saturated carbocycles. The molecule has 0 amide bonds. The number of benzene rings is 2. The number of hydrogen-bond donors (Lipinski definition) is 3. The Morgan fingerprint density at radius 2 is 0.821 bits per heavy atom. The third kappa shape index (κ3) is 8.70. The van der Waals surface area contributed by atoms with Crippen molar-refractivity contribution in [3.05, 3.63) is 57.6 Å². The minimum absolute atomic E-state index is 0. The van der Waals surface area contributed by atoms with Crippen LogP contribution in [0, 0.1) is 41.5 Å². The first kappa shape index (κ1) is 29.4. The van der Waals surface area contributed by atoms with Gasteiger partial charge < -0.3 is 40.8 Å². The van der Waals surface area contributed by atoms with Crippen molar-refractivity contribution in [2.75, 3.05) is 36.8 Å². The SMILES string of the molecule is Cc1cc(C)c(NCCNCCNc2c(C)cc(C)cc2C)c(C)c1.[Cl-].[Cl-].[Rh+2]. The predicted octanol–water partition coefficient (Wildman–Crippen LogP) is -1.34. The second kappa shape index (κ2) is 14.2. The van der Waals surface area contributed by atoms with Crippen LogP contribution in [-0.4, -0.2) is 26.2 Å². The fraction of sp³-hybridized carbons (Fsp3) is 0.455. The van der Waals surface area contributed by atoms with Gasteiger partial charge in [-0.3, -0.25) is 0 Å². The molecule has 0 aliphatic heterocycles. The van der Waals surface area contributed by atoms with Crippen molar-refractivity contribution in [3.8, 4) is 0 Å². The quantitative estimate of drug-likeness (QED) is 0.302. The van der Waals surface area contributed by atoms with Crippen LogP contribution in [0.1, 0.15) is 33.4 Å². The van der Waals surface area contributed by atoms with E-state index in [9.17, 15) is 0 Å². The van der Waals surface area contributed by atoms with Crippen LogP contribution < -0.4 is 40.8 Å². The van der Waals surface area contributed by atoms with Gasteiger partial charge in [0.25, 0.3) is 0 Å². The topological polar surface area (TPSA) is 36.1 Å². The standard InChI is InChI=1S/C22H33N3.2ClH.Rh/c1-15-11-17(3)21(18(4)12-15)24-9-7-23-8-10-25-22-19(5)13-16(2)14-20(22)6;;;/h11-14,23-25H,7-10H2,1-6H3;2*1H;/q;;;+2/p-2. The Labute approximate surface area is 196 Å². The first-order chi connectivity index (χ1) is 11.9. The monoisotopic (exact) mass is 512 g/mol. The van der Waals surface area contributed by atoms with Gasteiger partial charge in [0.15, 0.2) is 0 Å². The van der Waals surface area contributed by atoms with Crippen molar-refractivity contribution in [1.82, 2.24) is 5.32 Å². The van der Waals surface area contributed by atoms with Gasteiger partial charge in [0.1, 0.15) is 0 Å². The molecule has 2 rings (SSSR count). The minimum atomic E-state index is 0. The fourth-order valence-corrected chi connectivity index (χ4v) is 3.59. The molecule has 0 aliphatic carbocycles. The number of halogens is 2. The van der Waals surface area contributed by atoms with Crippen molar-refractivity contribution in [3.63, 3.8) is 0 Å². The number of anilines is 2. The number of hydrogen-bond acceptors (Lipinski definition) is 3. The van der Waals surface area contributed by atoms with Crippen LogP contribution in [-0.2, 0) is 19.5 Å². The van der Waals surface area contributed by atoms with Gasteiger partial charge in [-0.1, -0.05) is 35.4 Å². The van der Waals surface area contributed by atoms with E-state index >= 15 is 0 Å². The van der Waals surface area contributed by atoms with Gasteiger partial charge in [-0.05, 0) is 63.8 Å². The summed E-state index contributed by atoms with van der Waals surface area (Å²) in [4.78, 5) is 0. The Morgan fingerprint density at radius 1 is 0.536 bits per heavy atom. The van der Waals surface area contributed by atoms with E-state index in [0.29, 0.717) is 0 Å². The summed E-state index contributed by atoms with van der Waals surface area (Å²) in [5, 5.41) is 10.6. The Bertz CT molecular complexity index is 628. The largest absolute Gasteiger partial charge is 2.00 e. The first-order valence-corrected chi connectivity index (χ1v) is 9.22. The molecular formula is C22H33Cl2N3Rh. The fourth-order valence-electron chi connectivity index (χ4n) is 3.59. The zero-order chi connectivity index (χ0) is 18.4. The molecule has 0 bridgehead atoms. The van der Waals surface area contributed by atoms with Crippen LogP contribution in [0.25, 0.3) is 0 Å². The van der Waals surface area contributed by atoms with E-state index in [1.54, 1.807) is 0 Å². The Kier molecular flexibility index (Phi) is 14.9. The second-order valence-electron chi connectivity index (χ2n) is 7.15. The van der Waals surface area contributed by atoms with E-state index < -0.39 is 0 Å². The normalized spacial score (nSPS) is 9.64. The molecule has 3 N–H and O–H groups in total. The van der Waals surface area contributed by atoms with Crippen molar-refractivity contribution >= 4 is 11.4 Å². The van der Waals surface area contributed by atoms with Crippen molar-refractivity contribution in [2.24, 2.45) is 0 Å². The Balaban J connectivity index is 0. The summed E-state index contributed by atoms with van der Waals surface area (Å²) in [6, 6.07) is 8.94. The van der Waals surface area contributed by atoms with Gasteiger partial charge >= 0.3 is 19.5 Å². The molecule has 0 heterocycles. The molecule has 0 fully saturated rings. The van der Waals surface area contributed by atoms with Crippen LogP contribution in [0.2, 0.25) is 0 Å². The third-order valence-corrected chi connectivity index (χ3v) is 4.56. The smallest absolute Gasteiger partial charge is 1.00 e. The second-order valence-corrected chi connectivity index (χ2v) is 7.15. The summed E-state index contributed by atoms with van der Waals surface area (Å²) in [5.74, 6) is 0. The molecule has 0 spiro atoms. The molecule has 28 heavy (non-hydrogen) atoms. The van der Waals surface area contributed by atoms with E-state index in [0.717, 1.165) is 26.2 Å². The van der Waals surface area contributed by atoms with E-state index in [4.69, 9.17) is 0 Å². The molecule has 159 valence electrons. The molecule has 2 aromatic rings. The Morgan fingerprint density at radius 3 is 1.11 bits per heavy atom. The van der Waals surface area contributed by atoms with Gasteiger partial charge in [-0.25, -0.2) is 0 Å². The van der Waals surface area contributed by atoms with Gasteiger partial charge in [0.2, 0.25) is 0 Å². The van der Waals surface area contributed by atoms with Crippen LogP contribution in [0.5, 0.6) is 0 Å². The van der Waals surface area contributed by atoms with Crippen LogP contribution in [0.4, 0.5) is 11.4 Å². The summed E-state index contributed by atoms with van der Waals surface area (Å²) >= 11 is 0. The molecule has 6 heteroatoms. The molecule has 0 saturated heterocycles. The number of rotatable bonds is 8. The van der Waals surface area contributed by atoms with Crippen LogP contribution in [0.15, 0.2) is 24.3 Å². The average molecular weight is 513 g/mol. The van der Waals surface area contributed by atoms with Crippen LogP contribution in [0.3, 0.4) is 0 Å². The summed E-state index contributed by atoms with van der Waals surface area (Å²) < 4.78 is 0. The van der Waals surface area contributed by atoms with E-state index in [-0.39, 0.29) is 44.3 Å². The first-order valence-electron chi connectivity index (χ1n) is 9.22. The van der Waals surface area contributed by atoms with Crippen molar-refractivity contribution in [2.45, 2.75) is 41.5 Å². The molecule has 3 nitrogen and oxygen atoms in total. The maximum absolute atomic E-state index is 3.56. The zero-order valence-corrected chi connectivity index (χ0v) is 20.9. The molecule has 0 aromatic heterocycles. The maximum Gasteiger partial charge on any atom is 2.00 e. The molecule has 2 aromatic carbocycles. The van der Waals surface area contributed by atoms with Crippen molar-refractivity contribution < 1.29 is 44.3 Å². The van der Waals surface area contributed by atoms with Gasteiger partial charge in [-0.2, -0.15) is 0 Å². The van der Waals surface area contributed by atoms with Gasteiger partial charge in [0.05, 0.1) is 0 Å². The van der Waals surface area contributed by atoms with Crippen molar-refractivity contribution in [1.29, 1.82) is 0 Å². The summed E-state index contributed by atoms with van der Waals surface area (Å²) in [6.45, 7) is 16.8. The van der Waals surface area contributed by atoms with Gasteiger partial charge in [0, 0.05) is 37.6 Å². The predicted molar refractivity (Wildman–Crippen MR) is 111 cm³/mol. The zero-order valence-electron chi connectivity index (χ0n) is 17.7. The molecule has 0 aliphatic rings. The van der Waals surface area contributed by atoms with E-state index in [2.05, 4.69) is 81.8 Å². The molecular weight excluding hydrogens is 480 g/mol. The third-order valence-electron chi connectivity index (χ3n) is 4.56. The number of aryl methyl sites for hydroxylation is 6. The molecule has 1 radical (unpaired) electrons. The number of nitrogens with one attached hydrogen (secondary N) is 3. The molecule has 0 atom stereocenters. The summed E-state index contributed by atoms with van der Waals surface area (Å²) in [6.07, 6.45) is 0.